The summed E-state index contributed by atoms with van der Waals surface area (Å²) in [6.45, 7) is 1.43. The highest BCUT2D eigenvalue weighted by Crippen LogP contribution is 2.30. The van der Waals surface area contributed by atoms with Crippen LogP contribution >= 0.6 is 0 Å². The fourth-order valence-electron chi connectivity index (χ4n) is 2.58. The summed E-state index contributed by atoms with van der Waals surface area (Å²) >= 11 is 0. The van der Waals surface area contributed by atoms with Crippen molar-refractivity contribution in [2.24, 2.45) is 11.7 Å². The molecule has 0 radical (unpaired) electrons. The van der Waals surface area contributed by atoms with E-state index >= 15 is 0 Å². The minimum absolute atomic E-state index is 0.0544. The van der Waals surface area contributed by atoms with Gasteiger partial charge in [-0.2, -0.15) is 0 Å². The molecule has 0 aliphatic heterocycles. The van der Waals surface area contributed by atoms with E-state index in [1.54, 1.807) is 18.2 Å². The molecule has 1 aliphatic carbocycles. The van der Waals surface area contributed by atoms with E-state index in [4.69, 9.17) is 10.5 Å². The summed E-state index contributed by atoms with van der Waals surface area (Å²) < 4.78 is 5.24. The van der Waals surface area contributed by atoms with E-state index in [1.807, 2.05) is 0 Å². The number of methoxy groups -OCH3 is 1. The molecule has 114 valence electrons. The van der Waals surface area contributed by atoms with E-state index in [1.165, 1.54) is 14.0 Å². The highest BCUT2D eigenvalue weighted by Gasteiger charge is 2.28. The molecule has 2 atom stereocenters. The Bertz CT molecular complexity index is 545. The molecular formula is C15H21N3O3. The minimum Gasteiger partial charge on any atom is -0.495 e. The predicted octanol–water partition coefficient (Wildman–Crippen LogP) is 1.72. The van der Waals surface area contributed by atoms with Crippen molar-refractivity contribution >= 4 is 23.2 Å². The second-order valence-corrected chi connectivity index (χ2v) is 5.36. The monoisotopic (exact) mass is 291 g/mol. The van der Waals surface area contributed by atoms with Gasteiger partial charge in [-0.1, -0.05) is 0 Å². The van der Waals surface area contributed by atoms with Gasteiger partial charge in [0.2, 0.25) is 11.8 Å². The van der Waals surface area contributed by atoms with Crippen LogP contribution in [-0.2, 0) is 9.59 Å². The van der Waals surface area contributed by atoms with Crippen LogP contribution in [0.3, 0.4) is 0 Å². The van der Waals surface area contributed by atoms with Crippen LogP contribution in [0.4, 0.5) is 11.4 Å². The number of benzene rings is 1. The van der Waals surface area contributed by atoms with Crippen molar-refractivity contribution in [3.8, 4) is 5.75 Å². The fourth-order valence-corrected chi connectivity index (χ4v) is 2.58. The summed E-state index contributed by atoms with van der Waals surface area (Å²) in [6.07, 6.45) is 2.39. The Morgan fingerprint density at radius 3 is 2.62 bits per heavy atom. The van der Waals surface area contributed by atoms with Crippen LogP contribution in [-0.4, -0.2) is 25.0 Å². The molecule has 2 unspecified atom stereocenters. The summed E-state index contributed by atoms with van der Waals surface area (Å²) in [5.74, 6) is 0.273. The Labute approximate surface area is 124 Å². The average molecular weight is 291 g/mol. The zero-order valence-electron chi connectivity index (χ0n) is 12.3. The van der Waals surface area contributed by atoms with Crippen LogP contribution in [0.5, 0.6) is 5.75 Å². The number of nitrogens with one attached hydrogen (secondary N) is 2. The van der Waals surface area contributed by atoms with Gasteiger partial charge in [0.15, 0.2) is 0 Å². The molecule has 2 rings (SSSR count). The average Bonchev–Trinajstić information content (AvgIpc) is 2.85. The summed E-state index contributed by atoms with van der Waals surface area (Å²) in [6, 6.07) is 5.23. The molecule has 1 saturated carbocycles. The van der Waals surface area contributed by atoms with Gasteiger partial charge in [0.1, 0.15) is 5.75 Å². The van der Waals surface area contributed by atoms with E-state index in [9.17, 15) is 9.59 Å². The van der Waals surface area contributed by atoms with Crippen LogP contribution in [0.2, 0.25) is 0 Å². The van der Waals surface area contributed by atoms with Gasteiger partial charge in [0, 0.05) is 24.6 Å². The third-order valence-corrected chi connectivity index (χ3v) is 3.62. The van der Waals surface area contributed by atoms with E-state index in [0.717, 1.165) is 12.8 Å². The Morgan fingerprint density at radius 2 is 2.05 bits per heavy atom. The second-order valence-electron chi connectivity index (χ2n) is 5.36. The SMILES string of the molecule is COc1ccc(NC(C)=O)cc1NC(=O)C1CCC(N)C1. The number of nitrogens with two attached hydrogens (primary N) is 1. The van der Waals surface area contributed by atoms with Gasteiger partial charge in [-0.15, -0.1) is 0 Å². The first-order valence-corrected chi connectivity index (χ1v) is 7.01. The number of amides is 2. The molecule has 1 aromatic rings. The molecule has 0 saturated heterocycles. The molecule has 4 N–H and O–H groups in total. The predicted molar refractivity (Wildman–Crippen MR) is 81.2 cm³/mol. The Hall–Kier alpha value is -2.08. The molecule has 6 heteroatoms. The first kappa shape index (κ1) is 15.3. The van der Waals surface area contributed by atoms with E-state index in [2.05, 4.69) is 10.6 Å². The van der Waals surface area contributed by atoms with Crippen molar-refractivity contribution in [2.75, 3.05) is 17.7 Å². The third kappa shape index (κ3) is 3.95. The number of carbonyl (C=O) groups excluding carboxylic acids is 2. The van der Waals surface area contributed by atoms with Crippen molar-refractivity contribution in [1.82, 2.24) is 0 Å². The summed E-state index contributed by atoms with van der Waals surface area (Å²) in [4.78, 5) is 23.4. The number of rotatable bonds is 4. The van der Waals surface area contributed by atoms with Gasteiger partial charge < -0.3 is 21.1 Å². The Morgan fingerprint density at radius 1 is 1.29 bits per heavy atom. The Kier molecular flexibility index (Phi) is 4.80. The first-order valence-electron chi connectivity index (χ1n) is 7.01. The smallest absolute Gasteiger partial charge is 0.227 e. The van der Waals surface area contributed by atoms with Crippen LogP contribution in [0.15, 0.2) is 18.2 Å². The van der Waals surface area contributed by atoms with Gasteiger partial charge in [0.25, 0.3) is 0 Å². The second kappa shape index (κ2) is 6.58. The standard InChI is InChI=1S/C15H21N3O3/c1-9(19)17-12-5-6-14(21-2)13(8-12)18-15(20)10-3-4-11(16)7-10/h5-6,8,10-11H,3-4,7,16H2,1-2H3,(H,17,19)(H,18,20). The summed E-state index contributed by atoms with van der Waals surface area (Å²) in [7, 11) is 1.54. The highest BCUT2D eigenvalue weighted by atomic mass is 16.5. The Balaban J connectivity index is 2.13. The van der Waals surface area contributed by atoms with Crippen molar-refractivity contribution in [3.63, 3.8) is 0 Å². The third-order valence-electron chi connectivity index (χ3n) is 3.62. The van der Waals surface area contributed by atoms with Crippen LogP contribution in [0.25, 0.3) is 0 Å². The maximum atomic E-state index is 12.3. The molecule has 0 bridgehead atoms. The molecule has 0 heterocycles. The molecular weight excluding hydrogens is 270 g/mol. The zero-order valence-corrected chi connectivity index (χ0v) is 12.3. The van der Waals surface area contributed by atoms with Crippen molar-refractivity contribution < 1.29 is 14.3 Å². The quantitative estimate of drug-likeness (QED) is 0.787. The van der Waals surface area contributed by atoms with Gasteiger partial charge in [0.05, 0.1) is 12.8 Å². The lowest BCUT2D eigenvalue weighted by Gasteiger charge is -2.15. The summed E-state index contributed by atoms with van der Waals surface area (Å²) in [5, 5.41) is 5.55. The fraction of sp³-hybridized carbons (Fsp3) is 0.467. The number of anilines is 2. The number of hydrogen-bond acceptors (Lipinski definition) is 4. The van der Waals surface area contributed by atoms with Gasteiger partial charge >= 0.3 is 0 Å². The molecule has 2 amide bonds. The molecule has 0 spiro atoms. The maximum absolute atomic E-state index is 12.3. The van der Waals surface area contributed by atoms with Gasteiger partial charge in [-0.25, -0.2) is 0 Å². The number of carbonyl (C=O) groups is 2. The van der Waals surface area contributed by atoms with Crippen LogP contribution in [0, 0.1) is 5.92 Å². The molecule has 6 nitrogen and oxygen atoms in total. The number of ether oxygens (including phenoxy) is 1. The molecule has 1 aliphatic rings. The lowest BCUT2D eigenvalue weighted by Crippen LogP contribution is -2.23. The topological polar surface area (TPSA) is 93.5 Å². The van der Waals surface area contributed by atoms with E-state index < -0.39 is 0 Å². The molecule has 21 heavy (non-hydrogen) atoms. The first-order chi connectivity index (χ1) is 9.99. The molecule has 1 fully saturated rings. The highest BCUT2D eigenvalue weighted by molar-refractivity contribution is 5.96. The minimum atomic E-state index is -0.167. The van der Waals surface area contributed by atoms with Crippen molar-refractivity contribution in [3.05, 3.63) is 18.2 Å². The van der Waals surface area contributed by atoms with Gasteiger partial charge in [-0.05, 0) is 37.5 Å². The van der Waals surface area contributed by atoms with Crippen LogP contribution in [0.1, 0.15) is 26.2 Å². The normalized spacial score (nSPS) is 20.9. The van der Waals surface area contributed by atoms with E-state index in [0.29, 0.717) is 23.5 Å². The van der Waals surface area contributed by atoms with Gasteiger partial charge in [-0.3, -0.25) is 9.59 Å². The van der Waals surface area contributed by atoms with Crippen molar-refractivity contribution in [2.45, 2.75) is 32.2 Å². The largest absolute Gasteiger partial charge is 0.495 e. The van der Waals surface area contributed by atoms with E-state index in [-0.39, 0.29) is 23.8 Å². The number of hydrogen-bond donors (Lipinski definition) is 3. The molecule has 1 aromatic carbocycles. The van der Waals surface area contributed by atoms with Crippen molar-refractivity contribution in [1.29, 1.82) is 0 Å². The van der Waals surface area contributed by atoms with Crippen LogP contribution < -0.4 is 21.1 Å². The lowest BCUT2D eigenvalue weighted by molar-refractivity contribution is -0.119. The lowest BCUT2D eigenvalue weighted by atomic mass is 10.1. The summed E-state index contributed by atoms with van der Waals surface area (Å²) in [5.41, 5.74) is 7.00. The molecule has 0 aromatic heterocycles. The maximum Gasteiger partial charge on any atom is 0.227 e. The zero-order chi connectivity index (χ0) is 15.4.